The molecule has 3 rings (SSSR count). The Hall–Kier alpha value is -2.67. The summed E-state index contributed by atoms with van der Waals surface area (Å²) >= 11 is 0. The van der Waals surface area contributed by atoms with Gasteiger partial charge in [0.25, 0.3) is 0 Å². The average molecular weight is 355 g/mol. The molecule has 26 heavy (non-hydrogen) atoms. The van der Waals surface area contributed by atoms with E-state index in [1.807, 2.05) is 24.3 Å². The SMILES string of the molecule is CCCCCNc1nc(N)c2c(n1)N(Cc1ccc(CO)cc1)C(=O)C2. The maximum Gasteiger partial charge on any atom is 0.233 e. The molecular weight excluding hydrogens is 330 g/mol. The number of carbonyl (C=O) groups is 1. The molecule has 4 N–H and O–H groups in total. The summed E-state index contributed by atoms with van der Waals surface area (Å²) in [7, 11) is 0. The Balaban J connectivity index is 1.78. The third kappa shape index (κ3) is 3.94. The molecule has 1 aliphatic heterocycles. The number of aliphatic hydroxyl groups is 1. The molecule has 1 amide bonds. The van der Waals surface area contributed by atoms with E-state index < -0.39 is 0 Å². The summed E-state index contributed by atoms with van der Waals surface area (Å²) in [5.74, 6) is 1.38. The number of fused-ring (bicyclic) bond motifs is 1. The number of nitrogens with two attached hydrogens (primary N) is 1. The summed E-state index contributed by atoms with van der Waals surface area (Å²) in [6, 6.07) is 7.52. The zero-order valence-corrected chi connectivity index (χ0v) is 15.0. The number of nitrogens with one attached hydrogen (secondary N) is 1. The van der Waals surface area contributed by atoms with E-state index in [1.165, 1.54) is 0 Å². The Labute approximate surface area is 153 Å². The molecule has 1 aromatic heterocycles. The zero-order valence-electron chi connectivity index (χ0n) is 15.0. The Morgan fingerprint density at radius 2 is 1.92 bits per heavy atom. The molecular formula is C19H25N5O2. The van der Waals surface area contributed by atoms with Crippen molar-refractivity contribution >= 4 is 23.5 Å². The second-order valence-corrected chi connectivity index (χ2v) is 6.50. The lowest BCUT2D eigenvalue weighted by Crippen LogP contribution is -2.26. The van der Waals surface area contributed by atoms with Crippen LogP contribution in [0.1, 0.15) is 42.9 Å². The number of rotatable bonds is 8. The van der Waals surface area contributed by atoms with Gasteiger partial charge in [-0.05, 0) is 17.5 Å². The third-order valence-corrected chi connectivity index (χ3v) is 4.51. The molecule has 0 saturated heterocycles. The molecule has 0 bridgehead atoms. The monoisotopic (exact) mass is 355 g/mol. The normalized spacial score (nSPS) is 13.2. The second-order valence-electron chi connectivity index (χ2n) is 6.50. The van der Waals surface area contributed by atoms with Gasteiger partial charge < -0.3 is 16.2 Å². The van der Waals surface area contributed by atoms with Gasteiger partial charge in [-0.15, -0.1) is 0 Å². The number of unbranched alkanes of at least 4 members (excludes halogenated alkanes) is 2. The maximum absolute atomic E-state index is 12.5. The molecule has 0 fully saturated rings. The Morgan fingerprint density at radius 1 is 1.19 bits per heavy atom. The molecule has 7 nitrogen and oxygen atoms in total. The van der Waals surface area contributed by atoms with Gasteiger partial charge in [-0.2, -0.15) is 9.97 Å². The number of amides is 1. The van der Waals surface area contributed by atoms with Crippen LogP contribution in [-0.2, 0) is 24.4 Å². The van der Waals surface area contributed by atoms with Crippen LogP contribution in [0.2, 0.25) is 0 Å². The van der Waals surface area contributed by atoms with E-state index in [-0.39, 0.29) is 18.9 Å². The van der Waals surface area contributed by atoms with Gasteiger partial charge in [-0.1, -0.05) is 44.0 Å². The maximum atomic E-state index is 12.5. The molecule has 138 valence electrons. The molecule has 0 atom stereocenters. The summed E-state index contributed by atoms with van der Waals surface area (Å²) < 4.78 is 0. The highest BCUT2D eigenvalue weighted by Gasteiger charge is 2.31. The van der Waals surface area contributed by atoms with Gasteiger partial charge in [0.05, 0.1) is 19.6 Å². The first-order valence-electron chi connectivity index (χ1n) is 9.01. The van der Waals surface area contributed by atoms with Crippen LogP contribution in [0, 0.1) is 0 Å². The summed E-state index contributed by atoms with van der Waals surface area (Å²) in [6.07, 6.45) is 3.55. The Bertz CT molecular complexity index is 776. The smallest absolute Gasteiger partial charge is 0.233 e. The van der Waals surface area contributed by atoms with Crippen molar-refractivity contribution in [3.63, 3.8) is 0 Å². The van der Waals surface area contributed by atoms with E-state index in [4.69, 9.17) is 10.8 Å². The number of anilines is 3. The first-order valence-corrected chi connectivity index (χ1v) is 9.01. The molecule has 0 spiro atoms. The summed E-state index contributed by atoms with van der Waals surface area (Å²) in [5, 5.41) is 12.3. The van der Waals surface area contributed by atoms with E-state index in [0.717, 1.165) is 36.9 Å². The van der Waals surface area contributed by atoms with E-state index >= 15 is 0 Å². The quantitative estimate of drug-likeness (QED) is 0.627. The van der Waals surface area contributed by atoms with Crippen molar-refractivity contribution in [2.75, 3.05) is 22.5 Å². The lowest BCUT2D eigenvalue weighted by atomic mass is 10.1. The second kappa shape index (κ2) is 8.14. The van der Waals surface area contributed by atoms with Crippen LogP contribution in [0.5, 0.6) is 0 Å². The molecule has 1 aromatic carbocycles. The zero-order chi connectivity index (χ0) is 18.5. The highest BCUT2D eigenvalue weighted by atomic mass is 16.3. The van der Waals surface area contributed by atoms with Crippen LogP contribution in [0.25, 0.3) is 0 Å². The standard InChI is InChI=1S/C19H25N5O2/c1-2-3-4-9-21-19-22-17(20)15-10-16(26)24(18(15)23-19)11-13-5-7-14(12-25)8-6-13/h5-8,25H,2-4,9-12H2,1H3,(H3,20,21,22,23). The predicted octanol–water partition coefficient (Wildman–Crippen LogP) is 2.24. The third-order valence-electron chi connectivity index (χ3n) is 4.51. The van der Waals surface area contributed by atoms with Crippen molar-refractivity contribution < 1.29 is 9.90 Å². The lowest BCUT2D eigenvalue weighted by Gasteiger charge is -2.18. The van der Waals surface area contributed by atoms with Crippen molar-refractivity contribution in [1.82, 2.24) is 9.97 Å². The van der Waals surface area contributed by atoms with Gasteiger partial charge in [0.15, 0.2) is 0 Å². The molecule has 1 aliphatic rings. The van der Waals surface area contributed by atoms with Gasteiger partial charge in [-0.25, -0.2) is 0 Å². The number of nitrogen functional groups attached to an aromatic ring is 1. The largest absolute Gasteiger partial charge is 0.392 e. The van der Waals surface area contributed by atoms with Gasteiger partial charge in [-0.3, -0.25) is 9.69 Å². The van der Waals surface area contributed by atoms with Crippen LogP contribution in [0.3, 0.4) is 0 Å². The number of aromatic nitrogens is 2. The van der Waals surface area contributed by atoms with Crippen LogP contribution < -0.4 is 16.0 Å². The summed E-state index contributed by atoms with van der Waals surface area (Å²) in [6.45, 7) is 3.36. The van der Waals surface area contributed by atoms with Crippen molar-refractivity contribution in [3.05, 3.63) is 41.0 Å². The minimum atomic E-state index is -0.0321. The molecule has 0 saturated carbocycles. The first kappa shape index (κ1) is 18.1. The fraction of sp³-hybridized carbons (Fsp3) is 0.421. The lowest BCUT2D eigenvalue weighted by molar-refractivity contribution is -0.117. The molecule has 0 radical (unpaired) electrons. The van der Waals surface area contributed by atoms with Crippen molar-refractivity contribution in [2.24, 2.45) is 0 Å². The van der Waals surface area contributed by atoms with Gasteiger partial charge in [0, 0.05) is 12.1 Å². The average Bonchev–Trinajstić information content (AvgIpc) is 2.96. The van der Waals surface area contributed by atoms with E-state index in [2.05, 4.69) is 22.2 Å². The summed E-state index contributed by atoms with van der Waals surface area (Å²) in [4.78, 5) is 22.9. The Kier molecular flexibility index (Phi) is 5.68. The van der Waals surface area contributed by atoms with E-state index in [9.17, 15) is 4.79 Å². The first-order chi connectivity index (χ1) is 12.6. The predicted molar refractivity (Wildman–Crippen MR) is 102 cm³/mol. The Morgan fingerprint density at radius 3 is 2.62 bits per heavy atom. The molecule has 0 unspecified atom stereocenters. The number of hydrogen-bond acceptors (Lipinski definition) is 6. The molecule has 7 heteroatoms. The fourth-order valence-electron chi connectivity index (χ4n) is 3.00. The fourth-order valence-corrected chi connectivity index (χ4v) is 3.00. The van der Waals surface area contributed by atoms with Gasteiger partial charge in [0.2, 0.25) is 11.9 Å². The number of hydrogen-bond donors (Lipinski definition) is 3. The van der Waals surface area contributed by atoms with Crippen LogP contribution in [0.15, 0.2) is 24.3 Å². The number of nitrogens with zero attached hydrogens (tertiary/aromatic N) is 3. The van der Waals surface area contributed by atoms with Gasteiger partial charge >= 0.3 is 0 Å². The molecule has 2 aromatic rings. The summed E-state index contributed by atoms with van der Waals surface area (Å²) in [5.41, 5.74) is 8.57. The minimum Gasteiger partial charge on any atom is -0.392 e. The van der Waals surface area contributed by atoms with Gasteiger partial charge in [0.1, 0.15) is 11.6 Å². The van der Waals surface area contributed by atoms with Crippen molar-refractivity contribution in [2.45, 2.75) is 45.8 Å². The highest BCUT2D eigenvalue weighted by molar-refractivity contribution is 6.01. The number of benzene rings is 1. The molecule has 0 aliphatic carbocycles. The van der Waals surface area contributed by atoms with E-state index in [0.29, 0.717) is 29.7 Å². The van der Waals surface area contributed by atoms with Crippen LogP contribution >= 0.6 is 0 Å². The van der Waals surface area contributed by atoms with Crippen LogP contribution in [-0.4, -0.2) is 27.5 Å². The van der Waals surface area contributed by atoms with E-state index in [1.54, 1.807) is 4.90 Å². The number of aliphatic hydroxyl groups excluding tert-OH is 1. The molecule has 2 heterocycles. The van der Waals surface area contributed by atoms with Crippen LogP contribution in [0.4, 0.5) is 17.6 Å². The number of carbonyl (C=O) groups excluding carboxylic acids is 1. The minimum absolute atomic E-state index is 0.00256. The highest BCUT2D eigenvalue weighted by Crippen LogP contribution is 2.32. The van der Waals surface area contributed by atoms with Crippen molar-refractivity contribution in [3.8, 4) is 0 Å². The topological polar surface area (TPSA) is 104 Å². The van der Waals surface area contributed by atoms with Crippen molar-refractivity contribution in [1.29, 1.82) is 0 Å².